The summed E-state index contributed by atoms with van der Waals surface area (Å²) >= 11 is 0. The fraction of sp³-hybridized carbons (Fsp3) is 0.200. The molecule has 1 aromatic carbocycles. The second-order valence-corrected chi connectivity index (χ2v) is 7.03. The third-order valence-electron chi connectivity index (χ3n) is 3.41. The molecular formula is C15H16N4O2S. The van der Waals surface area contributed by atoms with Gasteiger partial charge in [0.1, 0.15) is 5.82 Å². The quantitative estimate of drug-likeness (QED) is 0.800. The molecule has 22 heavy (non-hydrogen) atoms. The molecule has 2 aromatic heterocycles. The van der Waals surface area contributed by atoms with Crippen LogP contribution in [0.4, 0.5) is 11.5 Å². The Kier molecular flexibility index (Phi) is 3.58. The third-order valence-corrected chi connectivity index (χ3v) is 4.54. The molecule has 0 saturated carbocycles. The fourth-order valence-electron chi connectivity index (χ4n) is 2.22. The van der Waals surface area contributed by atoms with Crippen LogP contribution in [0, 0.1) is 0 Å². The molecule has 7 heteroatoms. The molecule has 0 bridgehead atoms. The highest BCUT2D eigenvalue weighted by Crippen LogP contribution is 2.20. The normalized spacial score (nSPS) is 11.7. The number of fused-ring (bicyclic) bond motifs is 1. The first kappa shape index (κ1) is 14.5. The minimum absolute atomic E-state index is 0.297. The standard InChI is InChI=1S/C15H16N4O2S/c1-3-11-10-17-19-14(8-9-16-15(11)19)18-12-4-6-13(7-5-12)22(2,20)21/h4-10,18H,3H2,1-2H3. The van der Waals surface area contributed by atoms with Gasteiger partial charge in [-0.25, -0.2) is 13.4 Å². The van der Waals surface area contributed by atoms with Gasteiger partial charge in [0.25, 0.3) is 0 Å². The zero-order chi connectivity index (χ0) is 15.7. The summed E-state index contributed by atoms with van der Waals surface area (Å²) in [6.07, 6.45) is 5.59. The van der Waals surface area contributed by atoms with Crippen molar-refractivity contribution in [2.45, 2.75) is 18.2 Å². The van der Waals surface area contributed by atoms with E-state index in [1.165, 1.54) is 6.26 Å². The van der Waals surface area contributed by atoms with Gasteiger partial charge in [-0.2, -0.15) is 9.61 Å². The van der Waals surface area contributed by atoms with Crippen LogP contribution in [0.1, 0.15) is 12.5 Å². The van der Waals surface area contributed by atoms with Crippen molar-refractivity contribution >= 4 is 27.0 Å². The molecule has 0 aliphatic carbocycles. The van der Waals surface area contributed by atoms with Gasteiger partial charge in [-0.15, -0.1) is 0 Å². The minimum atomic E-state index is -3.18. The Morgan fingerprint density at radius 3 is 2.55 bits per heavy atom. The third kappa shape index (κ3) is 2.67. The summed E-state index contributed by atoms with van der Waals surface area (Å²) in [5.74, 6) is 0.775. The van der Waals surface area contributed by atoms with Crippen molar-refractivity contribution < 1.29 is 8.42 Å². The van der Waals surface area contributed by atoms with E-state index in [-0.39, 0.29) is 0 Å². The molecular weight excluding hydrogens is 300 g/mol. The summed E-state index contributed by atoms with van der Waals surface area (Å²) in [7, 11) is -3.18. The molecule has 0 saturated heterocycles. The first-order valence-electron chi connectivity index (χ1n) is 6.88. The van der Waals surface area contributed by atoms with Gasteiger partial charge in [0.15, 0.2) is 15.5 Å². The highest BCUT2D eigenvalue weighted by Gasteiger charge is 2.09. The van der Waals surface area contributed by atoms with E-state index in [4.69, 9.17) is 0 Å². The van der Waals surface area contributed by atoms with Gasteiger partial charge < -0.3 is 5.32 Å². The van der Waals surface area contributed by atoms with Crippen LogP contribution in [0.3, 0.4) is 0 Å². The molecule has 3 rings (SSSR count). The largest absolute Gasteiger partial charge is 0.340 e. The van der Waals surface area contributed by atoms with Crippen LogP contribution in [0.25, 0.3) is 5.65 Å². The van der Waals surface area contributed by atoms with E-state index in [2.05, 4.69) is 22.3 Å². The molecule has 0 radical (unpaired) electrons. The second kappa shape index (κ2) is 5.42. The zero-order valence-corrected chi connectivity index (χ0v) is 13.1. The summed E-state index contributed by atoms with van der Waals surface area (Å²) in [6.45, 7) is 2.06. The van der Waals surface area contributed by atoms with Crippen molar-refractivity contribution in [2.75, 3.05) is 11.6 Å². The topological polar surface area (TPSA) is 76.4 Å². The van der Waals surface area contributed by atoms with E-state index >= 15 is 0 Å². The molecule has 0 fully saturated rings. The van der Waals surface area contributed by atoms with Gasteiger partial charge in [-0.1, -0.05) is 6.92 Å². The molecule has 0 spiro atoms. The van der Waals surface area contributed by atoms with Crippen LogP contribution < -0.4 is 5.32 Å². The molecule has 0 atom stereocenters. The van der Waals surface area contributed by atoms with Gasteiger partial charge in [0.05, 0.1) is 11.1 Å². The van der Waals surface area contributed by atoms with Crippen molar-refractivity contribution in [3.05, 3.63) is 48.3 Å². The SMILES string of the molecule is CCc1cnn2c(Nc3ccc(S(C)(=O)=O)cc3)ccnc12. The first-order valence-corrected chi connectivity index (χ1v) is 8.77. The molecule has 0 amide bonds. The Balaban J connectivity index is 1.95. The number of aryl methyl sites for hydroxylation is 1. The Labute approximate surface area is 128 Å². The lowest BCUT2D eigenvalue weighted by atomic mass is 10.3. The number of hydrogen-bond donors (Lipinski definition) is 1. The van der Waals surface area contributed by atoms with Crippen LogP contribution in [0.2, 0.25) is 0 Å². The molecule has 114 valence electrons. The summed E-state index contributed by atoms with van der Waals surface area (Å²) < 4.78 is 24.7. The van der Waals surface area contributed by atoms with Crippen molar-refractivity contribution in [1.29, 1.82) is 0 Å². The van der Waals surface area contributed by atoms with Gasteiger partial charge in [0.2, 0.25) is 0 Å². The van der Waals surface area contributed by atoms with Crippen LogP contribution in [0.5, 0.6) is 0 Å². The van der Waals surface area contributed by atoms with Crippen LogP contribution in [-0.2, 0) is 16.3 Å². The predicted octanol–water partition coefficient (Wildman–Crippen LogP) is 2.44. The molecule has 6 nitrogen and oxygen atoms in total. The lowest BCUT2D eigenvalue weighted by Gasteiger charge is -2.08. The summed E-state index contributed by atoms with van der Waals surface area (Å²) in [6, 6.07) is 8.44. The maximum atomic E-state index is 11.5. The number of nitrogens with zero attached hydrogens (tertiary/aromatic N) is 3. The van der Waals surface area contributed by atoms with E-state index in [0.717, 1.165) is 29.1 Å². The fourth-order valence-corrected chi connectivity index (χ4v) is 2.85. The highest BCUT2D eigenvalue weighted by molar-refractivity contribution is 7.90. The Morgan fingerprint density at radius 1 is 1.18 bits per heavy atom. The molecule has 3 aromatic rings. The number of nitrogens with one attached hydrogen (secondary N) is 1. The number of benzene rings is 1. The first-order chi connectivity index (χ1) is 10.5. The number of anilines is 2. The zero-order valence-electron chi connectivity index (χ0n) is 12.3. The maximum absolute atomic E-state index is 11.5. The van der Waals surface area contributed by atoms with Gasteiger partial charge in [0, 0.05) is 23.7 Å². The van der Waals surface area contributed by atoms with Crippen molar-refractivity contribution in [3.8, 4) is 0 Å². The number of rotatable bonds is 4. The van der Waals surface area contributed by atoms with Crippen molar-refractivity contribution in [1.82, 2.24) is 14.6 Å². The number of hydrogen-bond acceptors (Lipinski definition) is 5. The van der Waals surface area contributed by atoms with Gasteiger partial charge in [-0.05, 0) is 36.8 Å². The average molecular weight is 316 g/mol. The smallest absolute Gasteiger partial charge is 0.175 e. The Morgan fingerprint density at radius 2 is 1.91 bits per heavy atom. The molecule has 0 aliphatic rings. The Bertz CT molecular complexity index is 914. The van der Waals surface area contributed by atoms with E-state index in [9.17, 15) is 8.42 Å². The molecule has 2 heterocycles. The van der Waals surface area contributed by atoms with Crippen LogP contribution in [-0.4, -0.2) is 29.3 Å². The van der Waals surface area contributed by atoms with Crippen LogP contribution in [0.15, 0.2) is 47.6 Å². The van der Waals surface area contributed by atoms with E-state index in [1.807, 2.05) is 6.07 Å². The summed E-state index contributed by atoms with van der Waals surface area (Å²) in [4.78, 5) is 4.64. The lowest BCUT2D eigenvalue weighted by molar-refractivity contribution is 0.602. The summed E-state index contributed by atoms with van der Waals surface area (Å²) in [5, 5.41) is 7.57. The van der Waals surface area contributed by atoms with Crippen LogP contribution >= 0.6 is 0 Å². The van der Waals surface area contributed by atoms with Crippen molar-refractivity contribution in [2.24, 2.45) is 0 Å². The van der Waals surface area contributed by atoms with E-state index < -0.39 is 9.84 Å². The minimum Gasteiger partial charge on any atom is -0.340 e. The predicted molar refractivity (Wildman–Crippen MR) is 85.2 cm³/mol. The lowest BCUT2D eigenvalue weighted by Crippen LogP contribution is -2.02. The molecule has 0 aliphatic heterocycles. The monoisotopic (exact) mass is 316 g/mol. The molecule has 0 unspecified atom stereocenters. The number of aromatic nitrogens is 3. The van der Waals surface area contributed by atoms with E-state index in [1.54, 1.807) is 41.2 Å². The molecule has 1 N–H and O–H groups in total. The van der Waals surface area contributed by atoms with E-state index in [0.29, 0.717) is 4.90 Å². The number of sulfone groups is 1. The summed E-state index contributed by atoms with van der Waals surface area (Å²) in [5.41, 5.74) is 2.68. The Hall–Kier alpha value is -2.41. The highest BCUT2D eigenvalue weighted by atomic mass is 32.2. The van der Waals surface area contributed by atoms with Gasteiger partial charge >= 0.3 is 0 Å². The van der Waals surface area contributed by atoms with Gasteiger partial charge in [-0.3, -0.25) is 0 Å². The van der Waals surface area contributed by atoms with Crippen molar-refractivity contribution in [3.63, 3.8) is 0 Å². The second-order valence-electron chi connectivity index (χ2n) is 5.01. The average Bonchev–Trinajstić information content (AvgIpc) is 2.91. The maximum Gasteiger partial charge on any atom is 0.175 e.